The molecule has 2 amide bonds. The molecule has 1 N–H and O–H groups in total. The number of nitrogens with zero attached hydrogens (tertiary/aromatic N) is 3. The van der Waals surface area contributed by atoms with Crippen LogP contribution in [0.2, 0.25) is 5.02 Å². The van der Waals surface area contributed by atoms with Gasteiger partial charge < -0.3 is 14.8 Å². The van der Waals surface area contributed by atoms with Crippen molar-refractivity contribution in [3.63, 3.8) is 0 Å². The number of hydrogen-bond acceptors (Lipinski definition) is 6. The van der Waals surface area contributed by atoms with Crippen molar-refractivity contribution in [2.45, 2.75) is 45.3 Å². The highest BCUT2D eigenvalue weighted by atomic mass is 35.5. The number of rotatable bonds is 6. The number of amides is 2. The van der Waals surface area contributed by atoms with E-state index < -0.39 is 0 Å². The molecule has 39 heavy (non-hydrogen) atoms. The Bertz CT molecular complexity index is 1410. The Balaban J connectivity index is 1.72. The Morgan fingerprint density at radius 2 is 1.95 bits per heavy atom. The van der Waals surface area contributed by atoms with Gasteiger partial charge in [-0.3, -0.25) is 14.5 Å². The number of hydrogen-bond donors (Lipinski definition) is 1. The number of aromatic nitrogens is 2. The number of carbonyl (C=O) groups is 2. The van der Waals surface area contributed by atoms with E-state index in [-0.39, 0.29) is 41.6 Å². The first-order valence-electron chi connectivity index (χ1n) is 13.0. The zero-order valence-corrected chi connectivity index (χ0v) is 24.4. The van der Waals surface area contributed by atoms with Gasteiger partial charge in [-0.1, -0.05) is 58.4 Å². The lowest BCUT2D eigenvalue weighted by Gasteiger charge is -2.24. The van der Waals surface area contributed by atoms with E-state index in [4.69, 9.17) is 26.2 Å². The summed E-state index contributed by atoms with van der Waals surface area (Å²) < 4.78 is 13.0. The molecule has 206 valence electrons. The fraction of sp³-hybridized carbons (Fsp3) is 0.414. The van der Waals surface area contributed by atoms with Gasteiger partial charge in [0.25, 0.3) is 0 Å². The van der Waals surface area contributed by atoms with Crippen molar-refractivity contribution in [3.05, 3.63) is 64.3 Å². The summed E-state index contributed by atoms with van der Waals surface area (Å²) >= 11 is 7.92. The summed E-state index contributed by atoms with van der Waals surface area (Å²) in [6.07, 6.45) is 0. The van der Waals surface area contributed by atoms with Crippen LogP contribution in [0.1, 0.15) is 56.7 Å². The Labute approximate surface area is 238 Å². The smallest absolute Gasteiger partial charge is 0.240 e. The predicted octanol–water partition coefficient (Wildman–Crippen LogP) is 5.49. The van der Waals surface area contributed by atoms with Crippen LogP contribution in [-0.4, -0.2) is 47.2 Å². The average Bonchev–Trinajstić information content (AvgIpc) is 3.48. The molecule has 10 heteroatoms. The number of fused-ring (bicyclic) bond motifs is 2. The van der Waals surface area contributed by atoms with E-state index in [1.165, 1.54) is 11.8 Å². The molecule has 8 nitrogen and oxygen atoms in total. The number of benzene rings is 2. The molecule has 2 aliphatic rings. The fourth-order valence-corrected chi connectivity index (χ4v) is 6.09. The average molecular weight is 569 g/mol. The quantitative estimate of drug-likeness (QED) is 0.423. The van der Waals surface area contributed by atoms with Gasteiger partial charge in [0.15, 0.2) is 11.5 Å². The molecular formula is C29H33ClN4O4S. The minimum Gasteiger partial charge on any atom is -0.454 e. The van der Waals surface area contributed by atoms with Crippen LogP contribution in [0.25, 0.3) is 5.69 Å². The highest BCUT2D eigenvalue weighted by Gasteiger charge is 2.40. The van der Waals surface area contributed by atoms with Crippen LogP contribution in [0.5, 0.6) is 11.5 Å². The van der Waals surface area contributed by atoms with Gasteiger partial charge in [0.05, 0.1) is 22.4 Å². The molecular weight excluding hydrogens is 536 g/mol. The molecule has 2 aliphatic heterocycles. The number of anilines is 1. The van der Waals surface area contributed by atoms with E-state index in [2.05, 4.69) is 26.1 Å². The molecule has 0 aliphatic carbocycles. The zero-order valence-electron chi connectivity index (χ0n) is 22.8. The van der Waals surface area contributed by atoms with Gasteiger partial charge in [0.1, 0.15) is 12.4 Å². The first-order valence-corrected chi connectivity index (χ1v) is 14.4. The molecule has 2 aromatic carbocycles. The molecule has 0 radical (unpaired) electrons. The number of carbonyl (C=O) groups excluding carboxylic acids is 2. The molecule has 0 saturated carbocycles. The van der Waals surface area contributed by atoms with Gasteiger partial charge in [-0.25, -0.2) is 4.68 Å². The summed E-state index contributed by atoms with van der Waals surface area (Å²) in [7, 11) is 0. The van der Waals surface area contributed by atoms with Gasteiger partial charge in [0.2, 0.25) is 18.6 Å². The molecule has 0 fully saturated rings. The predicted molar refractivity (Wildman–Crippen MR) is 154 cm³/mol. The van der Waals surface area contributed by atoms with E-state index >= 15 is 0 Å². The van der Waals surface area contributed by atoms with Crippen molar-refractivity contribution in [2.75, 3.05) is 30.5 Å². The van der Waals surface area contributed by atoms with Gasteiger partial charge in [-0.05, 0) is 41.8 Å². The first-order chi connectivity index (χ1) is 18.5. The maximum absolute atomic E-state index is 13.7. The summed E-state index contributed by atoms with van der Waals surface area (Å²) in [6.45, 7) is 11.0. The molecule has 0 saturated heterocycles. The number of ether oxygens (including phenoxy) is 2. The zero-order chi connectivity index (χ0) is 27.9. The van der Waals surface area contributed by atoms with Crippen LogP contribution in [0.15, 0.2) is 42.5 Å². The van der Waals surface area contributed by atoms with E-state index in [1.54, 1.807) is 15.6 Å². The maximum Gasteiger partial charge on any atom is 0.240 e. The van der Waals surface area contributed by atoms with Crippen LogP contribution < -0.4 is 19.7 Å². The second kappa shape index (κ2) is 10.8. The third-order valence-corrected chi connectivity index (χ3v) is 8.05. The molecule has 0 unspecified atom stereocenters. The Morgan fingerprint density at radius 1 is 1.18 bits per heavy atom. The molecule has 1 atom stereocenters. The molecule has 3 heterocycles. The monoisotopic (exact) mass is 568 g/mol. The third-order valence-electron chi connectivity index (χ3n) is 6.56. The number of thioether (sulfide) groups is 1. The third kappa shape index (κ3) is 5.61. The topological polar surface area (TPSA) is 85.7 Å². The van der Waals surface area contributed by atoms with Crippen molar-refractivity contribution >= 4 is 41.0 Å². The molecule has 3 aromatic rings. The normalized spacial score (nSPS) is 16.8. The van der Waals surface area contributed by atoms with E-state index in [0.29, 0.717) is 40.5 Å². The largest absolute Gasteiger partial charge is 0.454 e. The highest BCUT2D eigenvalue weighted by molar-refractivity contribution is 8.00. The van der Waals surface area contributed by atoms with Crippen molar-refractivity contribution in [2.24, 2.45) is 5.92 Å². The van der Waals surface area contributed by atoms with Gasteiger partial charge in [0, 0.05) is 22.5 Å². The van der Waals surface area contributed by atoms with E-state index in [0.717, 1.165) is 16.8 Å². The summed E-state index contributed by atoms with van der Waals surface area (Å²) in [6, 6.07) is 13.3. The molecule has 1 aromatic heterocycles. The van der Waals surface area contributed by atoms with Crippen molar-refractivity contribution in [3.8, 4) is 17.2 Å². The van der Waals surface area contributed by atoms with Crippen molar-refractivity contribution < 1.29 is 19.1 Å². The molecule has 0 bridgehead atoms. The Morgan fingerprint density at radius 3 is 2.67 bits per heavy atom. The van der Waals surface area contributed by atoms with Gasteiger partial charge >= 0.3 is 0 Å². The minimum atomic E-state index is -0.359. The molecule has 0 spiro atoms. The van der Waals surface area contributed by atoms with Crippen LogP contribution in [0, 0.1) is 5.92 Å². The SMILES string of the molecule is CC(C)CNC(=O)CN1C(=O)CS[C@H](c2ccc3c(c2)OCO3)c2c(C(C)(C)C)nn(-c3cccc(Cl)c3)c21. The maximum atomic E-state index is 13.7. The van der Waals surface area contributed by atoms with Crippen LogP contribution in [0.4, 0.5) is 5.82 Å². The van der Waals surface area contributed by atoms with Crippen molar-refractivity contribution in [1.29, 1.82) is 0 Å². The van der Waals surface area contributed by atoms with Gasteiger partial charge in [-0.15, -0.1) is 11.8 Å². The number of halogens is 1. The van der Waals surface area contributed by atoms with E-state index in [9.17, 15) is 9.59 Å². The fourth-order valence-electron chi connectivity index (χ4n) is 4.72. The first kappa shape index (κ1) is 27.4. The Kier molecular flexibility index (Phi) is 7.57. The summed E-state index contributed by atoms with van der Waals surface area (Å²) in [5.41, 5.74) is 3.07. The number of nitrogens with one attached hydrogen (secondary N) is 1. The summed E-state index contributed by atoms with van der Waals surface area (Å²) in [5, 5.41) is 8.37. The highest BCUT2D eigenvalue weighted by Crippen LogP contribution is 2.50. The van der Waals surface area contributed by atoms with Crippen LogP contribution >= 0.6 is 23.4 Å². The second-order valence-electron chi connectivity index (χ2n) is 11.2. The molecule has 5 rings (SSSR count). The van der Waals surface area contributed by atoms with Crippen LogP contribution in [0.3, 0.4) is 0 Å². The summed E-state index contributed by atoms with van der Waals surface area (Å²) in [5.74, 6) is 2.07. The van der Waals surface area contributed by atoms with Gasteiger partial charge in [-0.2, -0.15) is 5.10 Å². The van der Waals surface area contributed by atoms with E-state index in [1.807, 2.05) is 50.2 Å². The lowest BCUT2D eigenvalue weighted by molar-refractivity contribution is -0.123. The minimum absolute atomic E-state index is 0.108. The second-order valence-corrected chi connectivity index (χ2v) is 12.7. The lowest BCUT2D eigenvalue weighted by atomic mass is 9.87. The standard InChI is InChI=1S/C29H33ClN4O4S/c1-17(2)13-31-23(35)14-33-24(36)15-39-26(18-9-10-21-22(11-18)38-16-37-21)25-27(29(3,4)5)32-34(28(25)33)20-8-6-7-19(30)12-20/h6-12,17,26H,13-16H2,1-5H3,(H,31,35)/t26-/m1/s1. The Hall–Kier alpha value is -3.17. The summed E-state index contributed by atoms with van der Waals surface area (Å²) in [4.78, 5) is 28.4. The van der Waals surface area contributed by atoms with Crippen LogP contribution in [-0.2, 0) is 15.0 Å². The lowest BCUT2D eigenvalue weighted by Crippen LogP contribution is -2.43. The van der Waals surface area contributed by atoms with Crippen molar-refractivity contribution in [1.82, 2.24) is 15.1 Å².